The van der Waals surface area contributed by atoms with E-state index in [-0.39, 0.29) is 5.56 Å². The number of halogens is 3. The summed E-state index contributed by atoms with van der Waals surface area (Å²) in [5.74, 6) is 0.540. The van der Waals surface area contributed by atoms with Gasteiger partial charge in [0.1, 0.15) is 5.75 Å². The lowest BCUT2D eigenvalue weighted by Gasteiger charge is -2.23. The Morgan fingerprint density at radius 1 is 1.10 bits per heavy atom. The van der Waals surface area contributed by atoms with Crippen molar-refractivity contribution >= 4 is 10.8 Å². The molecule has 20 heavy (non-hydrogen) atoms. The highest BCUT2D eigenvalue weighted by Crippen LogP contribution is 2.35. The van der Waals surface area contributed by atoms with Crippen molar-refractivity contribution in [3.8, 4) is 5.75 Å². The minimum atomic E-state index is -4.76. The van der Waals surface area contributed by atoms with Gasteiger partial charge in [-0.15, -0.1) is 0 Å². The summed E-state index contributed by atoms with van der Waals surface area (Å²) >= 11 is 0. The van der Waals surface area contributed by atoms with E-state index in [9.17, 15) is 18.3 Å². The second-order valence-electron chi connectivity index (χ2n) is 4.41. The molecule has 0 amide bonds. The zero-order chi connectivity index (χ0) is 14.9. The fourth-order valence-corrected chi connectivity index (χ4v) is 2.14. The van der Waals surface area contributed by atoms with Gasteiger partial charge in [-0.1, -0.05) is 30.3 Å². The van der Waals surface area contributed by atoms with Crippen molar-refractivity contribution in [2.45, 2.75) is 18.3 Å². The molecule has 2 rings (SSSR count). The van der Waals surface area contributed by atoms with Crippen molar-refractivity contribution in [2.75, 3.05) is 7.11 Å². The van der Waals surface area contributed by atoms with Crippen molar-refractivity contribution < 1.29 is 23.0 Å². The second-order valence-corrected chi connectivity index (χ2v) is 4.41. The van der Waals surface area contributed by atoms with Crippen molar-refractivity contribution in [3.63, 3.8) is 0 Å². The average Bonchev–Trinajstić information content (AvgIpc) is 2.43. The molecule has 108 valence electrons. The largest absolute Gasteiger partial charge is 0.496 e. The first kappa shape index (κ1) is 14.6. The topological polar surface area (TPSA) is 55.5 Å². The molecule has 3 nitrogen and oxygen atoms in total. The number of rotatable bonds is 3. The molecule has 3 N–H and O–H groups in total. The predicted octanol–water partition coefficient (Wildman–Crippen LogP) is 2.77. The van der Waals surface area contributed by atoms with Gasteiger partial charge in [-0.25, -0.2) is 0 Å². The number of hydrogen-bond acceptors (Lipinski definition) is 3. The maximum Gasteiger partial charge on any atom is 0.416 e. The van der Waals surface area contributed by atoms with E-state index in [0.717, 1.165) is 0 Å². The van der Waals surface area contributed by atoms with Crippen LogP contribution in [-0.4, -0.2) is 24.5 Å². The Morgan fingerprint density at radius 2 is 1.70 bits per heavy atom. The molecule has 6 heteroatoms. The van der Waals surface area contributed by atoms with Gasteiger partial charge in [-0.05, 0) is 17.0 Å². The number of alkyl halides is 3. The lowest BCUT2D eigenvalue weighted by Crippen LogP contribution is -2.38. The van der Waals surface area contributed by atoms with Crippen LogP contribution in [0.4, 0.5) is 13.2 Å². The van der Waals surface area contributed by atoms with Gasteiger partial charge < -0.3 is 15.6 Å². The van der Waals surface area contributed by atoms with Gasteiger partial charge in [0.25, 0.3) is 0 Å². The molecule has 0 aliphatic heterocycles. The number of benzene rings is 2. The molecule has 0 radical (unpaired) electrons. The molecule has 0 aliphatic rings. The lowest BCUT2D eigenvalue weighted by molar-refractivity contribution is -0.210. The van der Waals surface area contributed by atoms with Crippen LogP contribution in [0.25, 0.3) is 10.8 Å². The fraction of sp³-hybridized carbons (Fsp3) is 0.286. The zero-order valence-corrected chi connectivity index (χ0v) is 10.7. The first-order valence-electron chi connectivity index (χ1n) is 5.92. The Morgan fingerprint density at radius 3 is 2.25 bits per heavy atom. The Balaban J connectivity index is 2.56. The highest BCUT2D eigenvalue weighted by molar-refractivity contribution is 5.91. The molecule has 0 aliphatic carbocycles. The third kappa shape index (κ3) is 2.57. The third-order valence-corrected chi connectivity index (χ3v) is 3.17. The molecule has 0 aromatic heterocycles. The Kier molecular flexibility index (Phi) is 3.87. The van der Waals surface area contributed by atoms with E-state index in [0.29, 0.717) is 16.5 Å². The molecule has 2 aromatic rings. The summed E-state index contributed by atoms with van der Waals surface area (Å²) in [7, 11) is 1.48. The summed E-state index contributed by atoms with van der Waals surface area (Å²) < 4.78 is 42.9. The van der Waals surface area contributed by atoms with Gasteiger partial charge in [0.2, 0.25) is 0 Å². The highest BCUT2D eigenvalue weighted by atomic mass is 19.4. The number of ether oxygens (including phenoxy) is 1. The minimum absolute atomic E-state index is 0.228. The first-order valence-corrected chi connectivity index (χ1v) is 5.92. The second kappa shape index (κ2) is 5.30. The van der Waals surface area contributed by atoms with Gasteiger partial charge >= 0.3 is 6.18 Å². The summed E-state index contributed by atoms with van der Waals surface area (Å²) in [6, 6.07) is 8.26. The summed E-state index contributed by atoms with van der Waals surface area (Å²) in [5, 5.41) is 10.5. The Labute approximate surface area is 113 Å². The summed E-state index contributed by atoms with van der Waals surface area (Å²) in [6.45, 7) is 0. The van der Waals surface area contributed by atoms with Crippen LogP contribution >= 0.6 is 0 Å². The van der Waals surface area contributed by atoms with Crippen molar-refractivity contribution in [2.24, 2.45) is 5.73 Å². The fourth-order valence-electron chi connectivity index (χ4n) is 2.14. The van der Waals surface area contributed by atoms with Gasteiger partial charge in [-0.3, -0.25) is 0 Å². The maximum absolute atomic E-state index is 12.6. The quantitative estimate of drug-likeness (QED) is 0.911. The van der Waals surface area contributed by atoms with Crippen LogP contribution in [0.3, 0.4) is 0 Å². The summed E-state index contributed by atoms with van der Waals surface area (Å²) in [5.41, 5.74) is 5.80. The zero-order valence-electron chi connectivity index (χ0n) is 10.7. The molecule has 0 heterocycles. The number of hydrogen-bond donors (Lipinski definition) is 2. The van der Waals surface area contributed by atoms with E-state index >= 15 is 0 Å². The number of methoxy groups -OCH3 is 1. The number of nitrogens with two attached hydrogens (primary N) is 1. The molecule has 0 unspecified atom stereocenters. The normalized spacial score (nSPS) is 15.1. The van der Waals surface area contributed by atoms with Crippen LogP contribution in [0, 0.1) is 0 Å². The van der Waals surface area contributed by atoms with E-state index < -0.39 is 18.3 Å². The van der Waals surface area contributed by atoms with E-state index in [2.05, 4.69) is 0 Å². The van der Waals surface area contributed by atoms with Crippen molar-refractivity contribution in [3.05, 3.63) is 42.0 Å². The average molecular weight is 285 g/mol. The number of fused-ring (bicyclic) bond motifs is 1. The Hall–Kier alpha value is -1.79. The van der Waals surface area contributed by atoms with E-state index in [4.69, 9.17) is 10.5 Å². The first-order chi connectivity index (χ1) is 9.36. The standard InChI is InChI=1S/C14H14F3NO2/c1-20-11-7-6-10(8-4-2-3-5-9(8)11)12(18)13(19)14(15,16)17/h2-7,12-13,19H,18H2,1H3/t12-,13-/m0/s1. The van der Waals surface area contributed by atoms with E-state index in [1.165, 1.54) is 13.2 Å². The molecule has 2 atom stereocenters. The molecule has 0 bridgehead atoms. The summed E-state index contributed by atoms with van der Waals surface area (Å²) in [6.07, 6.45) is -7.38. The van der Waals surface area contributed by atoms with Crippen LogP contribution in [0.15, 0.2) is 36.4 Å². The lowest BCUT2D eigenvalue weighted by atomic mass is 9.95. The molecular weight excluding hydrogens is 271 g/mol. The smallest absolute Gasteiger partial charge is 0.416 e. The minimum Gasteiger partial charge on any atom is -0.496 e. The SMILES string of the molecule is COc1ccc([C@H](N)[C@H](O)C(F)(F)F)c2ccccc12. The van der Waals surface area contributed by atoms with E-state index in [1.54, 1.807) is 30.3 Å². The third-order valence-electron chi connectivity index (χ3n) is 3.17. The number of aliphatic hydroxyl groups is 1. The summed E-state index contributed by atoms with van der Waals surface area (Å²) in [4.78, 5) is 0. The van der Waals surface area contributed by atoms with E-state index in [1.807, 2.05) is 0 Å². The molecule has 2 aromatic carbocycles. The molecule has 0 fully saturated rings. The van der Waals surface area contributed by atoms with Crippen LogP contribution < -0.4 is 10.5 Å². The monoisotopic (exact) mass is 285 g/mol. The molecule has 0 spiro atoms. The molecular formula is C14H14F3NO2. The predicted molar refractivity (Wildman–Crippen MR) is 69.5 cm³/mol. The number of aliphatic hydroxyl groups excluding tert-OH is 1. The molecule has 0 saturated carbocycles. The van der Waals surface area contributed by atoms with Crippen LogP contribution in [0.5, 0.6) is 5.75 Å². The van der Waals surface area contributed by atoms with Crippen LogP contribution in [0.2, 0.25) is 0 Å². The van der Waals surface area contributed by atoms with Crippen molar-refractivity contribution in [1.82, 2.24) is 0 Å². The van der Waals surface area contributed by atoms with Crippen molar-refractivity contribution in [1.29, 1.82) is 0 Å². The van der Waals surface area contributed by atoms with Gasteiger partial charge in [0.05, 0.1) is 13.2 Å². The van der Waals surface area contributed by atoms with Gasteiger partial charge in [0.15, 0.2) is 6.10 Å². The van der Waals surface area contributed by atoms with Crippen LogP contribution in [-0.2, 0) is 0 Å². The Bertz CT molecular complexity index is 613. The van der Waals surface area contributed by atoms with Gasteiger partial charge in [-0.2, -0.15) is 13.2 Å². The molecule has 0 saturated heterocycles. The highest BCUT2D eigenvalue weighted by Gasteiger charge is 2.43. The maximum atomic E-state index is 12.6. The van der Waals surface area contributed by atoms with Gasteiger partial charge in [0, 0.05) is 5.39 Å². The van der Waals surface area contributed by atoms with Crippen LogP contribution in [0.1, 0.15) is 11.6 Å².